The molecule has 1 unspecified atom stereocenters. The molecular weight excluding hydrogens is 520 g/mol. The highest BCUT2D eigenvalue weighted by Crippen LogP contribution is 2.43. The van der Waals surface area contributed by atoms with Gasteiger partial charge < -0.3 is 15.2 Å². The van der Waals surface area contributed by atoms with Gasteiger partial charge in [0.05, 0.1) is 42.2 Å². The lowest BCUT2D eigenvalue weighted by molar-refractivity contribution is -0.139. The van der Waals surface area contributed by atoms with Crippen LogP contribution in [0, 0.1) is 11.3 Å². The third-order valence-corrected chi connectivity index (χ3v) is 7.81. The molecule has 39 heavy (non-hydrogen) atoms. The largest absolute Gasteiger partial charge is 0.466 e. The summed E-state index contributed by atoms with van der Waals surface area (Å²) >= 11 is 0. The number of hydrogen-bond acceptors (Lipinski definition) is 9. The van der Waals surface area contributed by atoms with Crippen molar-refractivity contribution in [1.82, 2.24) is 4.72 Å². The number of nitrogens with zero attached hydrogens (tertiary/aromatic N) is 2. The molecule has 10 nitrogen and oxygen atoms in total. The van der Waals surface area contributed by atoms with Gasteiger partial charge in [0.1, 0.15) is 11.5 Å². The maximum Gasteiger partial charge on any atom is 0.355 e. The molecule has 2 aromatic rings. The zero-order valence-electron chi connectivity index (χ0n) is 22.1. The molecule has 2 aromatic carbocycles. The van der Waals surface area contributed by atoms with E-state index in [1.807, 2.05) is 0 Å². The Morgan fingerprint density at radius 2 is 1.64 bits per heavy atom. The van der Waals surface area contributed by atoms with E-state index in [1.165, 1.54) is 36.3 Å². The number of nitriles is 1. The number of methoxy groups -OCH3 is 2. The topological polar surface area (TPSA) is 152 Å². The highest BCUT2D eigenvalue weighted by Gasteiger charge is 2.43. The minimum absolute atomic E-state index is 0.0136. The van der Waals surface area contributed by atoms with Crippen molar-refractivity contribution in [2.45, 2.75) is 43.4 Å². The van der Waals surface area contributed by atoms with E-state index < -0.39 is 27.9 Å². The number of ether oxygens (including phenoxy) is 2. The van der Waals surface area contributed by atoms with Crippen LogP contribution >= 0.6 is 0 Å². The molecule has 3 N–H and O–H groups in total. The zero-order valence-corrected chi connectivity index (χ0v) is 23.0. The molecule has 0 fully saturated rings. The lowest BCUT2D eigenvalue weighted by atomic mass is 9.81. The minimum atomic E-state index is -3.77. The van der Waals surface area contributed by atoms with Gasteiger partial charge in [0.25, 0.3) is 0 Å². The summed E-state index contributed by atoms with van der Waals surface area (Å²) in [6, 6.07) is 16.3. The van der Waals surface area contributed by atoms with Crippen molar-refractivity contribution in [3.05, 3.63) is 82.8 Å². The molecule has 0 spiro atoms. The summed E-state index contributed by atoms with van der Waals surface area (Å²) in [5.74, 6) is -2.84. The van der Waals surface area contributed by atoms with E-state index in [1.54, 1.807) is 30.3 Å². The predicted molar refractivity (Wildman–Crippen MR) is 145 cm³/mol. The maximum atomic E-state index is 13.1. The fourth-order valence-corrected chi connectivity index (χ4v) is 5.47. The van der Waals surface area contributed by atoms with Crippen molar-refractivity contribution < 1.29 is 27.5 Å². The Morgan fingerprint density at radius 1 is 1.00 bits per heavy atom. The van der Waals surface area contributed by atoms with E-state index in [9.17, 15) is 23.3 Å². The average Bonchev–Trinajstić information content (AvgIpc) is 2.96. The van der Waals surface area contributed by atoms with Gasteiger partial charge in [-0.2, -0.15) is 5.26 Å². The summed E-state index contributed by atoms with van der Waals surface area (Å²) in [6.45, 7) is 2.39. The van der Waals surface area contributed by atoms with Crippen molar-refractivity contribution in [2.24, 2.45) is 5.73 Å². The zero-order chi connectivity index (χ0) is 28.6. The fraction of sp³-hybridized carbons (Fsp3) is 0.321. The molecule has 1 atom stereocenters. The molecule has 206 valence electrons. The van der Waals surface area contributed by atoms with Gasteiger partial charge in [0.2, 0.25) is 10.0 Å². The van der Waals surface area contributed by atoms with Gasteiger partial charge in [-0.3, -0.25) is 4.90 Å². The van der Waals surface area contributed by atoms with Crippen LogP contribution in [0.4, 0.5) is 5.69 Å². The molecule has 0 radical (unpaired) electrons. The van der Waals surface area contributed by atoms with Gasteiger partial charge in [0, 0.05) is 12.2 Å². The highest BCUT2D eigenvalue weighted by atomic mass is 32.2. The third kappa shape index (κ3) is 6.30. The first-order valence-electron chi connectivity index (χ1n) is 12.5. The monoisotopic (exact) mass is 552 g/mol. The standard InChI is InChI=1S/C28H32N4O6S/c1-4-5-6-10-17-31-39(35,36)21-15-13-20(14-16-21)32-25(28(34)38-3)24(27(33)37-2)23(22(18-29)26(32)30)19-11-8-7-9-12-19/h7-9,11-16,23,31H,4-6,10,17,30H2,1-3H3. The molecule has 0 aromatic heterocycles. The second-order valence-corrected chi connectivity index (χ2v) is 10.6. The maximum absolute atomic E-state index is 13.1. The van der Waals surface area contributed by atoms with Gasteiger partial charge in [0.15, 0.2) is 0 Å². The van der Waals surface area contributed by atoms with Gasteiger partial charge in [-0.05, 0) is 36.2 Å². The van der Waals surface area contributed by atoms with E-state index in [4.69, 9.17) is 15.2 Å². The number of benzene rings is 2. The number of carbonyl (C=O) groups excluding carboxylic acids is 2. The number of carbonyl (C=O) groups is 2. The Bertz CT molecular complexity index is 1410. The van der Waals surface area contributed by atoms with Crippen LogP contribution in [0.15, 0.2) is 82.2 Å². The van der Waals surface area contributed by atoms with Crippen LogP contribution in [0.3, 0.4) is 0 Å². The van der Waals surface area contributed by atoms with Crippen LogP contribution < -0.4 is 15.4 Å². The SMILES string of the molecule is CCCCCCNS(=O)(=O)c1ccc(N2C(N)=C(C#N)C(c3ccccc3)C(C(=O)OC)=C2C(=O)OC)cc1. The quantitative estimate of drug-likeness (QED) is 0.315. The third-order valence-electron chi connectivity index (χ3n) is 6.34. The van der Waals surface area contributed by atoms with Gasteiger partial charge in [-0.1, -0.05) is 56.5 Å². The first kappa shape index (κ1) is 29.4. The normalized spacial score (nSPS) is 15.6. The van der Waals surface area contributed by atoms with E-state index >= 15 is 0 Å². The van der Waals surface area contributed by atoms with E-state index in [0.29, 0.717) is 12.1 Å². The van der Waals surface area contributed by atoms with Crippen LogP contribution in [0.1, 0.15) is 44.1 Å². The number of rotatable bonds is 11. The second-order valence-electron chi connectivity index (χ2n) is 8.79. The number of esters is 2. The van der Waals surface area contributed by atoms with Gasteiger partial charge in [-0.25, -0.2) is 22.7 Å². The summed E-state index contributed by atoms with van der Waals surface area (Å²) in [4.78, 5) is 27.5. The number of nitrogens with two attached hydrogens (primary N) is 1. The first-order valence-corrected chi connectivity index (χ1v) is 13.9. The molecule has 1 aliphatic rings. The van der Waals surface area contributed by atoms with Crippen LogP contribution in [-0.2, 0) is 29.1 Å². The number of sulfonamides is 1. The Morgan fingerprint density at radius 3 is 2.21 bits per heavy atom. The molecule has 0 saturated carbocycles. The number of allylic oxidation sites excluding steroid dienone is 1. The Balaban J connectivity index is 2.12. The second kappa shape index (κ2) is 13.1. The number of hydrogen-bond donors (Lipinski definition) is 2. The molecule has 0 amide bonds. The molecule has 0 saturated heterocycles. The van der Waals surface area contributed by atoms with Crippen molar-refractivity contribution in [1.29, 1.82) is 5.26 Å². The molecule has 0 aliphatic carbocycles. The van der Waals surface area contributed by atoms with E-state index in [0.717, 1.165) is 32.8 Å². The summed E-state index contributed by atoms with van der Waals surface area (Å²) in [5.41, 5.74) is 6.90. The van der Waals surface area contributed by atoms with Crippen molar-refractivity contribution in [3.63, 3.8) is 0 Å². The van der Waals surface area contributed by atoms with Crippen molar-refractivity contribution in [3.8, 4) is 6.07 Å². The van der Waals surface area contributed by atoms with Crippen LogP contribution in [0.5, 0.6) is 0 Å². The minimum Gasteiger partial charge on any atom is -0.466 e. The summed E-state index contributed by atoms with van der Waals surface area (Å²) in [7, 11) is -1.45. The smallest absolute Gasteiger partial charge is 0.355 e. The van der Waals surface area contributed by atoms with E-state index in [-0.39, 0.29) is 33.2 Å². The number of unbranched alkanes of at least 4 members (excludes halogenated alkanes) is 3. The fourth-order valence-electron chi connectivity index (χ4n) is 4.40. The number of nitrogens with one attached hydrogen (secondary N) is 1. The molecule has 3 rings (SSSR count). The molecule has 1 heterocycles. The number of anilines is 1. The van der Waals surface area contributed by atoms with Crippen LogP contribution in [-0.4, -0.2) is 41.1 Å². The van der Waals surface area contributed by atoms with Gasteiger partial charge in [-0.15, -0.1) is 0 Å². The van der Waals surface area contributed by atoms with E-state index in [2.05, 4.69) is 17.7 Å². The van der Waals surface area contributed by atoms with Crippen LogP contribution in [0.2, 0.25) is 0 Å². The van der Waals surface area contributed by atoms with Crippen molar-refractivity contribution in [2.75, 3.05) is 25.7 Å². The van der Waals surface area contributed by atoms with Gasteiger partial charge >= 0.3 is 11.9 Å². The average molecular weight is 553 g/mol. The van der Waals surface area contributed by atoms with Crippen LogP contribution in [0.25, 0.3) is 0 Å². The molecular formula is C28H32N4O6S. The lowest BCUT2D eigenvalue weighted by Gasteiger charge is -2.35. The summed E-state index contributed by atoms with van der Waals surface area (Å²) < 4.78 is 38.1. The predicted octanol–water partition coefficient (Wildman–Crippen LogP) is 3.44. The summed E-state index contributed by atoms with van der Waals surface area (Å²) in [5, 5.41) is 10.1. The molecule has 11 heteroatoms. The summed E-state index contributed by atoms with van der Waals surface area (Å²) in [6.07, 6.45) is 3.72. The Labute approximate surface area is 228 Å². The first-order chi connectivity index (χ1) is 18.7. The lowest BCUT2D eigenvalue weighted by Crippen LogP contribution is -2.40. The Kier molecular flexibility index (Phi) is 9.87. The van der Waals surface area contributed by atoms with Crippen molar-refractivity contribution >= 4 is 27.6 Å². The molecule has 1 aliphatic heterocycles. The highest BCUT2D eigenvalue weighted by molar-refractivity contribution is 7.89. The molecule has 0 bridgehead atoms. The Hall–Kier alpha value is -4.14.